The Morgan fingerprint density at radius 1 is 1.41 bits per heavy atom. The molecule has 22 heavy (non-hydrogen) atoms. The van der Waals surface area contributed by atoms with Crippen molar-refractivity contribution in [1.82, 2.24) is 10.2 Å². The third-order valence-electron chi connectivity index (χ3n) is 3.65. The van der Waals surface area contributed by atoms with Crippen LogP contribution in [-0.2, 0) is 4.74 Å². The number of rotatable bonds is 3. The monoisotopic (exact) mass is 388 g/mol. The quantitative estimate of drug-likeness (QED) is 0.824. The number of carbonyl (C=O) groups is 1. The van der Waals surface area contributed by atoms with Gasteiger partial charge in [0, 0.05) is 30.1 Å². The highest BCUT2D eigenvalue weighted by molar-refractivity contribution is 9.11. The summed E-state index contributed by atoms with van der Waals surface area (Å²) in [7, 11) is 0. The molecule has 1 saturated heterocycles. The first-order chi connectivity index (χ1) is 10.2. The van der Waals surface area contributed by atoms with Crippen molar-refractivity contribution >= 4 is 33.4 Å². The first-order valence-corrected chi connectivity index (χ1v) is 9.35. The average molecular weight is 389 g/mol. The predicted molar refractivity (Wildman–Crippen MR) is 94.4 cm³/mol. The fourth-order valence-electron chi connectivity index (χ4n) is 2.55. The molecule has 1 aromatic rings. The fraction of sp³-hybridized carbons (Fsp3) is 0.688. The summed E-state index contributed by atoms with van der Waals surface area (Å²) < 4.78 is 6.59. The van der Waals surface area contributed by atoms with Gasteiger partial charge in [0.05, 0.1) is 3.79 Å². The van der Waals surface area contributed by atoms with Crippen molar-refractivity contribution in [3.63, 3.8) is 0 Å². The van der Waals surface area contributed by atoms with Gasteiger partial charge in [-0.05, 0) is 68.6 Å². The average Bonchev–Trinajstić information content (AvgIpc) is 2.84. The van der Waals surface area contributed by atoms with Crippen LogP contribution in [0, 0.1) is 0 Å². The van der Waals surface area contributed by atoms with E-state index in [1.54, 1.807) is 11.3 Å². The van der Waals surface area contributed by atoms with E-state index in [0.29, 0.717) is 12.1 Å². The summed E-state index contributed by atoms with van der Waals surface area (Å²) in [5.41, 5.74) is -0.423. The minimum absolute atomic E-state index is 0.193. The van der Waals surface area contributed by atoms with Crippen LogP contribution in [0.2, 0.25) is 0 Å². The van der Waals surface area contributed by atoms with Crippen molar-refractivity contribution in [2.45, 2.75) is 58.2 Å². The number of hydrogen-bond donors (Lipinski definition) is 1. The highest BCUT2D eigenvalue weighted by Crippen LogP contribution is 2.28. The third-order valence-corrected chi connectivity index (χ3v) is 5.46. The number of nitrogens with one attached hydrogen (secondary N) is 1. The van der Waals surface area contributed by atoms with Crippen LogP contribution in [0.25, 0.3) is 0 Å². The molecule has 1 fully saturated rings. The Labute approximate surface area is 145 Å². The van der Waals surface area contributed by atoms with E-state index in [2.05, 4.69) is 40.3 Å². The molecule has 1 N–H and O–H groups in total. The number of ether oxygens (including phenoxy) is 1. The van der Waals surface area contributed by atoms with Gasteiger partial charge >= 0.3 is 6.09 Å². The highest BCUT2D eigenvalue weighted by atomic mass is 79.9. The van der Waals surface area contributed by atoms with Crippen LogP contribution in [-0.4, -0.2) is 35.7 Å². The summed E-state index contributed by atoms with van der Waals surface area (Å²) >= 11 is 5.27. The lowest BCUT2D eigenvalue weighted by molar-refractivity contribution is 0.0196. The maximum absolute atomic E-state index is 12.0. The van der Waals surface area contributed by atoms with Crippen LogP contribution in [0.5, 0.6) is 0 Å². The van der Waals surface area contributed by atoms with E-state index in [1.165, 1.54) is 4.88 Å². The smallest absolute Gasteiger partial charge is 0.410 e. The van der Waals surface area contributed by atoms with Crippen molar-refractivity contribution in [3.8, 4) is 0 Å². The van der Waals surface area contributed by atoms with Gasteiger partial charge in [-0.15, -0.1) is 11.3 Å². The Bertz CT molecular complexity index is 504. The number of amides is 1. The summed E-state index contributed by atoms with van der Waals surface area (Å²) in [6, 6.07) is 5.04. The van der Waals surface area contributed by atoms with E-state index < -0.39 is 5.60 Å². The molecule has 1 unspecified atom stereocenters. The summed E-state index contributed by atoms with van der Waals surface area (Å²) in [4.78, 5) is 15.2. The van der Waals surface area contributed by atoms with Gasteiger partial charge in [-0.2, -0.15) is 0 Å². The van der Waals surface area contributed by atoms with E-state index in [-0.39, 0.29) is 6.09 Å². The van der Waals surface area contributed by atoms with Crippen molar-refractivity contribution in [1.29, 1.82) is 0 Å². The van der Waals surface area contributed by atoms with E-state index >= 15 is 0 Å². The van der Waals surface area contributed by atoms with E-state index in [4.69, 9.17) is 4.74 Å². The molecule has 1 aliphatic heterocycles. The van der Waals surface area contributed by atoms with Crippen molar-refractivity contribution in [2.24, 2.45) is 0 Å². The topological polar surface area (TPSA) is 41.6 Å². The van der Waals surface area contributed by atoms with E-state index in [0.717, 1.165) is 29.7 Å². The summed E-state index contributed by atoms with van der Waals surface area (Å²) in [6.45, 7) is 9.42. The minimum Gasteiger partial charge on any atom is -0.444 e. The van der Waals surface area contributed by atoms with Gasteiger partial charge in [0.25, 0.3) is 0 Å². The van der Waals surface area contributed by atoms with Gasteiger partial charge in [0.2, 0.25) is 0 Å². The summed E-state index contributed by atoms with van der Waals surface area (Å²) in [5, 5.41) is 3.67. The lowest BCUT2D eigenvalue weighted by Crippen LogP contribution is -2.46. The normalized spacial score (nSPS) is 18.3. The van der Waals surface area contributed by atoms with Gasteiger partial charge in [0.1, 0.15) is 5.60 Å². The number of hydrogen-bond acceptors (Lipinski definition) is 4. The Morgan fingerprint density at radius 3 is 2.55 bits per heavy atom. The van der Waals surface area contributed by atoms with Gasteiger partial charge in [0.15, 0.2) is 0 Å². The molecule has 124 valence electrons. The van der Waals surface area contributed by atoms with Crippen molar-refractivity contribution in [2.75, 3.05) is 13.1 Å². The van der Waals surface area contributed by atoms with Gasteiger partial charge in [-0.25, -0.2) is 4.79 Å². The number of likely N-dealkylation sites (tertiary alicyclic amines) is 1. The molecule has 0 saturated carbocycles. The Hall–Kier alpha value is -0.590. The SMILES string of the molecule is CC(NC1CCN(C(=O)OC(C)(C)C)CC1)c1ccc(Br)s1. The lowest BCUT2D eigenvalue weighted by Gasteiger charge is -2.34. The maximum Gasteiger partial charge on any atom is 0.410 e. The lowest BCUT2D eigenvalue weighted by atomic mass is 10.0. The molecule has 2 heterocycles. The van der Waals surface area contributed by atoms with E-state index in [1.807, 2.05) is 25.7 Å². The molecule has 0 aliphatic carbocycles. The molecule has 4 nitrogen and oxygen atoms in total. The van der Waals surface area contributed by atoms with Crippen LogP contribution in [0.15, 0.2) is 15.9 Å². The Balaban J connectivity index is 1.78. The van der Waals surface area contributed by atoms with Crippen molar-refractivity contribution in [3.05, 3.63) is 20.8 Å². The second-order valence-electron chi connectivity index (χ2n) is 6.77. The second kappa shape index (κ2) is 7.32. The first-order valence-electron chi connectivity index (χ1n) is 7.74. The fourth-order valence-corrected chi connectivity index (χ4v) is 3.99. The number of carbonyl (C=O) groups excluding carboxylic acids is 1. The standard InChI is InChI=1S/C16H25BrN2O2S/c1-11(13-5-6-14(17)22-13)18-12-7-9-19(10-8-12)15(20)21-16(2,3)4/h5-6,11-12,18H,7-10H2,1-4H3. The molecule has 1 atom stereocenters. The molecule has 0 bridgehead atoms. The molecule has 0 spiro atoms. The molecule has 0 aromatic carbocycles. The largest absolute Gasteiger partial charge is 0.444 e. The summed E-state index contributed by atoms with van der Waals surface area (Å²) in [6.07, 6.45) is 1.74. The molecule has 6 heteroatoms. The van der Waals surface area contributed by atoms with Crippen LogP contribution in [0.1, 0.15) is 51.5 Å². The predicted octanol–water partition coefficient (Wildman–Crippen LogP) is 4.56. The highest BCUT2D eigenvalue weighted by Gasteiger charge is 2.27. The number of thiophene rings is 1. The molecular weight excluding hydrogens is 364 g/mol. The summed E-state index contributed by atoms with van der Waals surface area (Å²) in [5.74, 6) is 0. The number of halogens is 1. The zero-order chi connectivity index (χ0) is 16.3. The molecule has 0 radical (unpaired) electrons. The Kier molecular flexibility index (Phi) is 5.91. The number of piperidine rings is 1. The molecule has 1 aromatic heterocycles. The van der Waals surface area contributed by atoms with Gasteiger partial charge in [-0.1, -0.05) is 0 Å². The van der Waals surface area contributed by atoms with Crippen LogP contribution < -0.4 is 5.32 Å². The van der Waals surface area contributed by atoms with Crippen LogP contribution in [0.4, 0.5) is 4.79 Å². The van der Waals surface area contributed by atoms with Crippen LogP contribution >= 0.6 is 27.3 Å². The van der Waals surface area contributed by atoms with Gasteiger partial charge in [-0.3, -0.25) is 0 Å². The first kappa shape index (κ1) is 17.8. The maximum atomic E-state index is 12.0. The van der Waals surface area contributed by atoms with Gasteiger partial charge < -0.3 is 15.0 Å². The molecular formula is C16H25BrN2O2S. The zero-order valence-electron chi connectivity index (χ0n) is 13.7. The Morgan fingerprint density at radius 2 is 2.05 bits per heavy atom. The molecule has 1 amide bonds. The minimum atomic E-state index is -0.423. The van der Waals surface area contributed by atoms with Crippen molar-refractivity contribution < 1.29 is 9.53 Å². The molecule has 2 rings (SSSR count). The van der Waals surface area contributed by atoms with Crippen LogP contribution in [0.3, 0.4) is 0 Å². The molecule has 1 aliphatic rings. The number of nitrogens with zero attached hydrogens (tertiary/aromatic N) is 1. The van der Waals surface area contributed by atoms with E-state index in [9.17, 15) is 4.79 Å². The zero-order valence-corrected chi connectivity index (χ0v) is 16.1. The third kappa shape index (κ3) is 5.25. The second-order valence-corrected chi connectivity index (χ2v) is 9.27.